The van der Waals surface area contributed by atoms with E-state index in [0.717, 1.165) is 36.7 Å². The highest BCUT2D eigenvalue weighted by Gasteiger charge is 2.10. The lowest BCUT2D eigenvalue weighted by molar-refractivity contribution is 0.371. The number of aliphatic imine (C=N–C) groups is 1. The molecule has 0 saturated carbocycles. The molecule has 0 aliphatic heterocycles. The zero-order chi connectivity index (χ0) is 17.4. The quantitative estimate of drug-likeness (QED) is 0.475. The maximum atomic E-state index is 5.40. The van der Waals surface area contributed by atoms with Crippen LogP contribution >= 0.6 is 0 Å². The van der Waals surface area contributed by atoms with Gasteiger partial charge in [0.2, 0.25) is 5.89 Å². The average Bonchev–Trinajstić information content (AvgIpc) is 3.00. The Balaban J connectivity index is 1.82. The molecule has 2 rings (SSSR count). The van der Waals surface area contributed by atoms with E-state index < -0.39 is 0 Å². The Hall–Kier alpha value is -2.57. The Morgan fingerprint density at radius 1 is 1.38 bits per heavy atom. The van der Waals surface area contributed by atoms with Gasteiger partial charge in [-0.2, -0.15) is 4.98 Å². The minimum atomic E-state index is 0.672. The van der Waals surface area contributed by atoms with Crippen LogP contribution in [0.25, 0.3) is 0 Å². The molecule has 7 nitrogen and oxygen atoms in total. The summed E-state index contributed by atoms with van der Waals surface area (Å²) in [6, 6.07) is 8.00. The summed E-state index contributed by atoms with van der Waals surface area (Å²) in [6.07, 6.45) is 1.64. The monoisotopic (exact) mass is 331 g/mol. The van der Waals surface area contributed by atoms with E-state index in [-0.39, 0.29) is 0 Å². The number of para-hydroxylation sites is 1. The summed E-state index contributed by atoms with van der Waals surface area (Å²) in [6.45, 7) is 3.32. The van der Waals surface area contributed by atoms with Gasteiger partial charge < -0.3 is 19.5 Å². The largest absolute Gasteiger partial charge is 0.496 e. The maximum Gasteiger partial charge on any atom is 0.226 e. The Bertz CT molecular complexity index is 669. The van der Waals surface area contributed by atoms with Gasteiger partial charge in [0.15, 0.2) is 11.8 Å². The highest BCUT2D eigenvalue weighted by atomic mass is 16.5. The van der Waals surface area contributed by atoms with Crippen LogP contribution in [-0.4, -0.2) is 48.8 Å². The summed E-state index contributed by atoms with van der Waals surface area (Å²) in [7, 11) is 5.47. The molecule has 1 aromatic heterocycles. The molecule has 0 saturated heterocycles. The van der Waals surface area contributed by atoms with E-state index >= 15 is 0 Å². The Labute approximate surface area is 142 Å². The van der Waals surface area contributed by atoms with Gasteiger partial charge in [-0.05, 0) is 19.4 Å². The van der Waals surface area contributed by atoms with Crippen molar-refractivity contribution in [3.63, 3.8) is 0 Å². The average molecular weight is 331 g/mol. The van der Waals surface area contributed by atoms with Gasteiger partial charge in [-0.15, -0.1) is 0 Å². The van der Waals surface area contributed by atoms with Crippen LogP contribution in [0.1, 0.15) is 23.7 Å². The van der Waals surface area contributed by atoms with Crippen molar-refractivity contribution in [2.24, 2.45) is 4.99 Å². The van der Waals surface area contributed by atoms with Crippen LogP contribution in [0.5, 0.6) is 5.75 Å². The molecule has 130 valence electrons. The molecule has 0 atom stereocenters. The molecule has 24 heavy (non-hydrogen) atoms. The number of aryl methyl sites for hydroxylation is 2. The molecule has 1 N–H and O–H groups in total. The maximum absolute atomic E-state index is 5.40. The molecule has 1 aromatic carbocycles. The van der Waals surface area contributed by atoms with Crippen LogP contribution in [0.3, 0.4) is 0 Å². The summed E-state index contributed by atoms with van der Waals surface area (Å²) in [5, 5.41) is 7.14. The van der Waals surface area contributed by atoms with Gasteiger partial charge in [0.25, 0.3) is 0 Å². The number of aromatic nitrogens is 2. The standard InChI is InChI=1S/C17H25N5O2/c1-13-20-16(24-21-13)10-7-11-19-17(18-2)22(3)12-14-8-5-6-9-15(14)23-4/h5-6,8-9H,7,10-12H2,1-4H3,(H,18,19). The first-order valence-electron chi connectivity index (χ1n) is 7.97. The minimum absolute atomic E-state index is 0.672. The van der Waals surface area contributed by atoms with Crippen LogP contribution in [0, 0.1) is 6.92 Å². The molecule has 2 aromatic rings. The highest BCUT2D eigenvalue weighted by molar-refractivity contribution is 5.79. The van der Waals surface area contributed by atoms with Crippen molar-refractivity contribution < 1.29 is 9.26 Å². The fourth-order valence-corrected chi connectivity index (χ4v) is 2.43. The fraction of sp³-hybridized carbons (Fsp3) is 0.471. The molecule has 7 heteroatoms. The summed E-state index contributed by atoms with van der Waals surface area (Å²) in [5.41, 5.74) is 1.12. The number of hydrogen-bond donors (Lipinski definition) is 1. The number of guanidine groups is 1. The second-order valence-electron chi connectivity index (χ2n) is 5.48. The van der Waals surface area contributed by atoms with Crippen molar-refractivity contribution in [2.75, 3.05) is 27.7 Å². The number of ether oxygens (including phenoxy) is 1. The number of rotatable bonds is 7. The van der Waals surface area contributed by atoms with Crippen LogP contribution in [0.4, 0.5) is 0 Å². The van der Waals surface area contributed by atoms with Gasteiger partial charge in [0, 0.05) is 39.2 Å². The highest BCUT2D eigenvalue weighted by Crippen LogP contribution is 2.18. The first kappa shape index (κ1) is 17.8. The van der Waals surface area contributed by atoms with Gasteiger partial charge >= 0.3 is 0 Å². The second kappa shape index (κ2) is 8.90. The predicted octanol–water partition coefficient (Wildman–Crippen LogP) is 2.03. The molecular formula is C17H25N5O2. The zero-order valence-electron chi connectivity index (χ0n) is 14.7. The molecule has 1 heterocycles. The molecule has 0 radical (unpaired) electrons. The molecule has 0 fully saturated rings. The summed E-state index contributed by atoms with van der Waals surface area (Å²) < 4.78 is 10.5. The van der Waals surface area contributed by atoms with Crippen molar-refractivity contribution in [2.45, 2.75) is 26.3 Å². The first-order valence-corrected chi connectivity index (χ1v) is 7.97. The van der Waals surface area contributed by atoms with Crippen molar-refractivity contribution >= 4 is 5.96 Å². The number of benzene rings is 1. The van der Waals surface area contributed by atoms with Crippen LogP contribution in [0.15, 0.2) is 33.8 Å². The second-order valence-corrected chi connectivity index (χ2v) is 5.48. The molecule has 0 bridgehead atoms. The molecule has 0 unspecified atom stereocenters. The van der Waals surface area contributed by atoms with E-state index in [1.807, 2.05) is 32.2 Å². The van der Waals surface area contributed by atoms with E-state index in [0.29, 0.717) is 18.3 Å². The fourth-order valence-electron chi connectivity index (χ4n) is 2.43. The molecule has 0 aliphatic rings. The topological polar surface area (TPSA) is 75.8 Å². The van der Waals surface area contributed by atoms with Gasteiger partial charge in [-0.25, -0.2) is 0 Å². The van der Waals surface area contributed by atoms with Crippen molar-refractivity contribution in [3.05, 3.63) is 41.5 Å². The van der Waals surface area contributed by atoms with Crippen molar-refractivity contribution in [3.8, 4) is 5.75 Å². The normalized spacial score (nSPS) is 11.4. The molecule has 0 spiro atoms. The van der Waals surface area contributed by atoms with Crippen molar-refractivity contribution in [1.82, 2.24) is 20.4 Å². The Morgan fingerprint density at radius 3 is 2.83 bits per heavy atom. The van der Waals surface area contributed by atoms with Crippen LogP contribution < -0.4 is 10.1 Å². The Kier molecular flexibility index (Phi) is 6.60. The lowest BCUT2D eigenvalue weighted by Crippen LogP contribution is -2.39. The predicted molar refractivity (Wildman–Crippen MR) is 93.2 cm³/mol. The smallest absolute Gasteiger partial charge is 0.226 e. The molecular weight excluding hydrogens is 306 g/mol. The number of hydrogen-bond acceptors (Lipinski definition) is 5. The third-order valence-corrected chi connectivity index (χ3v) is 3.59. The lowest BCUT2D eigenvalue weighted by atomic mass is 10.2. The third kappa shape index (κ3) is 4.97. The Morgan fingerprint density at radius 2 is 2.17 bits per heavy atom. The minimum Gasteiger partial charge on any atom is -0.496 e. The van der Waals surface area contributed by atoms with Gasteiger partial charge in [-0.1, -0.05) is 23.4 Å². The molecule has 0 amide bonds. The third-order valence-electron chi connectivity index (χ3n) is 3.59. The van der Waals surface area contributed by atoms with E-state index in [2.05, 4.69) is 31.4 Å². The van der Waals surface area contributed by atoms with E-state index in [9.17, 15) is 0 Å². The number of nitrogens with zero attached hydrogens (tertiary/aromatic N) is 4. The summed E-state index contributed by atoms with van der Waals surface area (Å²) in [5.74, 6) is 3.06. The zero-order valence-corrected chi connectivity index (χ0v) is 14.7. The van der Waals surface area contributed by atoms with Crippen LogP contribution in [-0.2, 0) is 13.0 Å². The van der Waals surface area contributed by atoms with Crippen LogP contribution in [0.2, 0.25) is 0 Å². The SMILES string of the molecule is CN=C(NCCCc1nc(C)no1)N(C)Cc1ccccc1OC. The van der Waals surface area contributed by atoms with E-state index in [4.69, 9.17) is 9.26 Å². The first-order chi connectivity index (χ1) is 11.6. The van der Waals surface area contributed by atoms with Crippen molar-refractivity contribution in [1.29, 1.82) is 0 Å². The van der Waals surface area contributed by atoms with E-state index in [1.165, 1.54) is 0 Å². The molecule has 0 aliphatic carbocycles. The number of nitrogens with one attached hydrogen (secondary N) is 1. The lowest BCUT2D eigenvalue weighted by Gasteiger charge is -2.23. The summed E-state index contributed by atoms with van der Waals surface area (Å²) >= 11 is 0. The van der Waals surface area contributed by atoms with Gasteiger partial charge in [0.1, 0.15) is 5.75 Å². The van der Waals surface area contributed by atoms with Gasteiger partial charge in [-0.3, -0.25) is 4.99 Å². The van der Waals surface area contributed by atoms with E-state index in [1.54, 1.807) is 14.2 Å². The van der Waals surface area contributed by atoms with Gasteiger partial charge in [0.05, 0.1) is 7.11 Å². The number of methoxy groups -OCH3 is 1. The summed E-state index contributed by atoms with van der Waals surface area (Å²) in [4.78, 5) is 10.6.